The lowest BCUT2D eigenvalue weighted by Crippen LogP contribution is -2.21. The van der Waals surface area contributed by atoms with Crippen molar-refractivity contribution in [3.8, 4) is 11.5 Å². The number of hydrogen-bond donors (Lipinski definition) is 4. The van der Waals surface area contributed by atoms with Crippen molar-refractivity contribution in [2.75, 3.05) is 25.0 Å². The fraction of sp³-hybridized carbons (Fsp3) is 0.458. The summed E-state index contributed by atoms with van der Waals surface area (Å²) in [5.74, 6) is 0.979. The van der Waals surface area contributed by atoms with Crippen LogP contribution in [0.15, 0.2) is 36.4 Å². The zero-order chi connectivity index (χ0) is 21.8. The molecule has 7 heteroatoms. The van der Waals surface area contributed by atoms with Crippen molar-refractivity contribution in [2.45, 2.75) is 52.4 Å². The lowest BCUT2D eigenvalue weighted by atomic mass is 10.00. The van der Waals surface area contributed by atoms with E-state index in [2.05, 4.69) is 42.7 Å². The number of anilines is 1. The van der Waals surface area contributed by atoms with Gasteiger partial charge in [-0.3, -0.25) is 0 Å². The molecule has 2 amide bonds. The van der Waals surface area contributed by atoms with Gasteiger partial charge in [-0.25, -0.2) is 4.79 Å². The van der Waals surface area contributed by atoms with Crippen LogP contribution in [-0.2, 0) is 19.3 Å². The van der Waals surface area contributed by atoms with Gasteiger partial charge in [0.25, 0.3) is 0 Å². The van der Waals surface area contributed by atoms with Crippen molar-refractivity contribution in [1.82, 2.24) is 5.32 Å². The number of carbonyl (C=O) groups is 1. The van der Waals surface area contributed by atoms with Crippen molar-refractivity contribution >= 4 is 28.7 Å². The first-order chi connectivity index (χ1) is 14.5. The summed E-state index contributed by atoms with van der Waals surface area (Å²) in [5.41, 5.74) is 9.22. The van der Waals surface area contributed by atoms with Crippen LogP contribution in [0.5, 0.6) is 11.5 Å². The number of phenolic OH excluding ortho intramolecular Hbond substituents is 1. The van der Waals surface area contributed by atoms with Crippen molar-refractivity contribution in [3.63, 3.8) is 0 Å². The normalized spacial score (nSPS) is 10.4. The van der Waals surface area contributed by atoms with Gasteiger partial charge in [-0.1, -0.05) is 38.8 Å². The number of primary amides is 1. The monoisotopic (exact) mass is 493 g/mol. The largest absolute Gasteiger partial charge is 0.506 e. The third-order valence-corrected chi connectivity index (χ3v) is 4.94. The highest BCUT2D eigenvalue weighted by atomic mass is 79.9. The molecule has 0 atom stereocenters. The van der Waals surface area contributed by atoms with Crippen LogP contribution in [0, 0.1) is 0 Å². The maximum Gasteiger partial charge on any atom is 0.316 e. The fourth-order valence-electron chi connectivity index (χ4n) is 3.32. The predicted molar refractivity (Wildman–Crippen MR) is 133 cm³/mol. The molecule has 31 heavy (non-hydrogen) atoms. The van der Waals surface area contributed by atoms with Gasteiger partial charge in [-0.05, 0) is 79.7 Å². The molecule has 172 valence electrons. The average Bonchev–Trinajstić information content (AvgIpc) is 2.71. The van der Waals surface area contributed by atoms with Gasteiger partial charge >= 0.3 is 6.03 Å². The van der Waals surface area contributed by atoms with Crippen LogP contribution >= 0.6 is 17.0 Å². The Morgan fingerprint density at radius 1 is 1.00 bits per heavy atom. The number of benzene rings is 2. The van der Waals surface area contributed by atoms with Crippen LogP contribution < -0.4 is 21.1 Å². The van der Waals surface area contributed by atoms with Gasteiger partial charge in [0.2, 0.25) is 0 Å². The van der Waals surface area contributed by atoms with E-state index in [-0.39, 0.29) is 22.7 Å². The number of nitrogens with one attached hydrogen (secondary N) is 2. The molecular weight excluding hydrogens is 458 g/mol. The Hall–Kier alpha value is -2.25. The highest BCUT2D eigenvalue weighted by Gasteiger charge is 2.06. The summed E-state index contributed by atoms with van der Waals surface area (Å²) in [6.45, 7) is 6.84. The summed E-state index contributed by atoms with van der Waals surface area (Å²) in [5, 5.41) is 15.7. The maximum atomic E-state index is 11.0. The van der Waals surface area contributed by atoms with E-state index in [1.54, 1.807) is 12.1 Å². The third-order valence-electron chi connectivity index (χ3n) is 4.94. The topological polar surface area (TPSA) is 96.6 Å². The molecule has 0 unspecified atom stereocenters. The summed E-state index contributed by atoms with van der Waals surface area (Å²) in [6.07, 6.45) is 6.15. The molecular formula is C24H36BrN3O3. The lowest BCUT2D eigenvalue weighted by molar-refractivity contribution is 0.259. The highest BCUT2D eigenvalue weighted by Crippen LogP contribution is 2.24. The Kier molecular flexibility index (Phi) is 12.7. The number of aromatic hydroxyl groups is 1. The second-order valence-electron chi connectivity index (χ2n) is 7.47. The minimum atomic E-state index is -0.690. The maximum absolute atomic E-state index is 11.0. The standard InChI is InChI=1S/C24H35N3O3.BrH/c1-3-5-15-30-21-9-8-19(20(17-21)6-4-2)12-14-26-13-11-18-7-10-23(28)22(16-18)27-24(25)29;/h7-10,16-17,26,28H,3-6,11-15H2,1-2H3,(H3,25,27,29);1H. The Balaban J connectivity index is 0.00000480. The van der Waals surface area contributed by atoms with Gasteiger partial charge in [0.15, 0.2) is 0 Å². The quantitative estimate of drug-likeness (QED) is 0.234. The molecule has 0 saturated heterocycles. The van der Waals surface area contributed by atoms with Gasteiger partial charge in [-0.2, -0.15) is 0 Å². The molecule has 2 aromatic carbocycles. The van der Waals surface area contributed by atoms with E-state index >= 15 is 0 Å². The number of ether oxygens (including phenoxy) is 1. The SMILES string of the molecule is Br.CCCCOc1ccc(CCNCCc2ccc(O)c(NC(N)=O)c2)c(CCC)c1. The molecule has 0 fully saturated rings. The molecule has 2 rings (SSSR count). The lowest BCUT2D eigenvalue weighted by Gasteiger charge is -2.13. The first kappa shape index (κ1) is 26.8. The molecule has 0 aromatic heterocycles. The number of unbranched alkanes of at least 4 members (excludes halogenated alkanes) is 1. The van der Waals surface area contributed by atoms with Gasteiger partial charge < -0.3 is 26.2 Å². The first-order valence-electron chi connectivity index (χ1n) is 10.9. The van der Waals surface area contributed by atoms with Gasteiger partial charge in [0.05, 0.1) is 12.3 Å². The van der Waals surface area contributed by atoms with Crippen molar-refractivity contribution in [1.29, 1.82) is 0 Å². The summed E-state index contributed by atoms with van der Waals surface area (Å²) < 4.78 is 5.85. The van der Waals surface area contributed by atoms with E-state index in [1.807, 2.05) is 6.07 Å². The number of amides is 2. The Morgan fingerprint density at radius 2 is 1.77 bits per heavy atom. The summed E-state index contributed by atoms with van der Waals surface area (Å²) >= 11 is 0. The van der Waals surface area contributed by atoms with Gasteiger partial charge in [-0.15, -0.1) is 17.0 Å². The summed E-state index contributed by atoms with van der Waals surface area (Å²) in [6, 6.07) is 10.9. The number of carbonyl (C=O) groups excluding carboxylic acids is 1. The van der Waals surface area contributed by atoms with E-state index < -0.39 is 6.03 Å². The van der Waals surface area contributed by atoms with Crippen molar-refractivity contribution < 1.29 is 14.6 Å². The number of halogens is 1. The van der Waals surface area contributed by atoms with E-state index in [9.17, 15) is 9.90 Å². The second-order valence-corrected chi connectivity index (χ2v) is 7.47. The molecule has 0 aliphatic carbocycles. The van der Waals surface area contributed by atoms with Gasteiger partial charge in [0.1, 0.15) is 11.5 Å². The van der Waals surface area contributed by atoms with E-state index in [4.69, 9.17) is 10.5 Å². The van der Waals surface area contributed by atoms with Crippen molar-refractivity contribution in [2.24, 2.45) is 5.73 Å². The summed E-state index contributed by atoms with van der Waals surface area (Å²) in [4.78, 5) is 11.0. The first-order valence-corrected chi connectivity index (χ1v) is 10.9. The van der Waals surface area contributed by atoms with Crippen LogP contribution in [-0.4, -0.2) is 30.8 Å². The minimum absolute atomic E-state index is 0. The zero-order valence-corrected chi connectivity index (χ0v) is 20.3. The minimum Gasteiger partial charge on any atom is -0.506 e. The second kappa shape index (κ2) is 14.7. The number of rotatable bonds is 13. The number of hydrogen-bond acceptors (Lipinski definition) is 4. The zero-order valence-electron chi connectivity index (χ0n) is 18.6. The number of phenols is 1. The molecule has 0 radical (unpaired) electrons. The molecule has 6 nitrogen and oxygen atoms in total. The molecule has 0 heterocycles. The molecule has 5 N–H and O–H groups in total. The highest BCUT2D eigenvalue weighted by molar-refractivity contribution is 8.93. The molecule has 0 spiro atoms. The molecule has 0 bridgehead atoms. The van der Waals surface area contributed by atoms with Crippen LogP contribution in [0.25, 0.3) is 0 Å². The van der Waals surface area contributed by atoms with Crippen LogP contribution in [0.4, 0.5) is 10.5 Å². The number of aryl methyl sites for hydroxylation is 1. The van der Waals surface area contributed by atoms with E-state index in [0.29, 0.717) is 5.69 Å². The molecule has 0 aliphatic rings. The van der Waals surface area contributed by atoms with Crippen LogP contribution in [0.1, 0.15) is 49.8 Å². The Morgan fingerprint density at radius 3 is 2.48 bits per heavy atom. The van der Waals surface area contributed by atoms with Crippen LogP contribution in [0.2, 0.25) is 0 Å². The van der Waals surface area contributed by atoms with Crippen LogP contribution in [0.3, 0.4) is 0 Å². The van der Waals surface area contributed by atoms with E-state index in [1.165, 1.54) is 11.1 Å². The fourth-order valence-corrected chi connectivity index (χ4v) is 3.32. The molecule has 0 aliphatic heterocycles. The number of nitrogens with two attached hydrogens (primary N) is 1. The number of urea groups is 1. The smallest absolute Gasteiger partial charge is 0.316 e. The summed E-state index contributed by atoms with van der Waals surface area (Å²) in [7, 11) is 0. The third kappa shape index (κ3) is 9.61. The predicted octanol–water partition coefficient (Wildman–Crippen LogP) is 4.97. The Labute approximate surface area is 196 Å². The van der Waals surface area contributed by atoms with Crippen molar-refractivity contribution in [3.05, 3.63) is 53.1 Å². The van der Waals surface area contributed by atoms with Gasteiger partial charge in [0, 0.05) is 0 Å². The molecule has 0 saturated carbocycles. The average molecular weight is 494 g/mol. The molecule has 2 aromatic rings. The Bertz CT molecular complexity index is 815. The van der Waals surface area contributed by atoms with E-state index in [0.717, 1.165) is 69.5 Å².